The van der Waals surface area contributed by atoms with Crippen LogP contribution in [0.5, 0.6) is 5.75 Å². The minimum Gasteiger partial charge on any atom is -0.459 e. The Hall–Kier alpha value is -1.58. The standard InChI is InChI=1S/C14H13Cl2N3O/c1-19(2)13-7-11(16)12(18-17)8-14(13)20-10-5-3-9(15)4-6-10/h3-8,13H,1-2H3. The maximum Gasteiger partial charge on any atom is 0.336 e. The van der Waals surface area contributed by atoms with Crippen LogP contribution >= 0.6 is 23.2 Å². The van der Waals surface area contributed by atoms with Gasteiger partial charge in [0.2, 0.25) is 0 Å². The first kappa shape index (κ1) is 14.8. The zero-order valence-electron chi connectivity index (χ0n) is 11.0. The van der Waals surface area contributed by atoms with Crippen LogP contribution in [0.4, 0.5) is 0 Å². The Balaban J connectivity index is 2.31. The number of hydrogen-bond acceptors (Lipinski definition) is 2. The van der Waals surface area contributed by atoms with E-state index in [9.17, 15) is 0 Å². The van der Waals surface area contributed by atoms with Gasteiger partial charge < -0.3 is 10.3 Å². The second kappa shape index (κ2) is 6.25. The summed E-state index contributed by atoms with van der Waals surface area (Å²) in [5, 5.41) is 1.02. The van der Waals surface area contributed by atoms with Crippen LogP contribution < -0.4 is 4.74 Å². The summed E-state index contributed by atoms with van der Waals surface area (Å²) in [4.78, 5) is 5.09. The van der Waals surface area contributed by atoms with E-state index in [0.29, 0.717) is 21.6 Å². The molecule has 0 aromatic heterocycles. The number of hydrogen-bond donors (Lipinski definition) is 0. The molecule has 0 fully saturated rings. The molecular formula is C14H13Cl2N3O. The van der Waals surface area contributed by atoms with Crippen LogP contribution in [0.2, 0.25) is 5.02 Å². The van der Waals surface area contributed by atoms with Crippen molar-refractivity contribution in [2.24, 2.45) is 0 Å². The summed E-state index contributed by atoms with van der Waals surface area (Å²) in [5.74, 6) is 1.27. The minimum atomic E-state index is -0.135. The lowest BCUT2D eigenvalue weighted by molar-refractivity contribution is -0.00244. The van der Waals surface area contributed by atoms with Crippen LogP contribution in [0.1, 0.15) is 0 Å². The van der Waals surface area contributed by atoms with Crippen molar-refractivity contribution in [3.8, 4) is 5.75 Å². The van der Waals surface area contributed by atoms with Crippen molar-refractivity contribution in [1.29, 1.82) is 0 Å². The number of nitrogens with zero attached hydrogens (tertiary/aromatic N) is 3. The first-order valence-electron chi connectivity index (χ1n) is 5.92. The van der Waals surface area contributed by atoms with Crippen molar-refractivity contribution in [2.45, 2.75) is 6.04 Å². The molecule has 0 saturated heterocycles. The number of rotatable bonds is 3. The van der Waals surface area contributed by atoms with Crippen molar-refractivity contribution in [1.82, 2.24) is 4.90 Å². The summed E-state index contributed by atoms with van der Waals surface area (Å²) in [6, 6.07) is 6.89. The Morgan fingerprint density at radius 3 is 2.40 bits per heavy atom. The van der Waals surface area contributed by atoms with Gasteiger partial charge in [-0.25, -0.2) is 0 Å². The first-order valence-corrected chi connectivity index (χ1v) is 6.68. The second-order valence-electron chi connectivity index (χ2n) is 4.51. The third-order valence-electron chi connectivity index (χ3n) is 2.83. The van der Waals surface area contributed by atoms with E-state index >= 15 is 0 Å². The molecule has 0 N–H and O–H groups in total. The molecule has 0 radical (unpaired) electrons. The molecule has 0 saturated carbocycles. The summed E-state index contributed by atoms with van der Waals surface area (Å²) < 4.78 is 5.83. The zero-order chi connectivity index (χ0) is 14.7. The van der Waals surface area contributed by atoms with Crippen LogP contribution in [0.3, 0.4) is 0 Å². The summed E-state index contributed by atoms with van der Waals surface area (Å²) in [6.45, 7) is 0. The van der Waals surface area contributed by atoms with E-state index in [4.69, 9.17) is 33.5 Å². The normalized spacial score (nSPS) is 18.4. The highest BCUT2D eigenvalue weighted by Gasteiger charge is 2.27. The van der Waals surface area contributed by atoms with Crippen molar-refractivity contribution < 1.29 is 9.53 Å². The molecular weight excluding hydrogens is 297 g/mol. The van der Waals surface area contributed by atoms with E-state index in [1.165, 1.54) is 0 Å². The Morgan fingerprint density at radius 2 is 1.85 bits per heavy atom. The summed E-state index contributed by atoms with van der Waals surface area (Å²) in [6.07, 6.45) is 3.38. The van der Waals surface area contributed by atoms with E-state index < -0.39 is 0 Å². The Bertz CT molecular complexity index is 614. The highest BCUT2D eigenvalue weighted by molar-refractivity contribution is 6.44. The molecule has 1 aromatic carbocycles. The summed E-state index contributed by atoms with van der Waals surface area (Å²) in [7, 11) is 3.82. The highest BCUT2D eigenvalue weighted by atomic mass is 35.5. The van der Waals surface area contributed by atoms with Gasteiger partial charge in [0.05, 0.1) is 12.1 Å². The van der Waals surface area contributed by atoms with Gasteiger partial charge in [-0.2, -0.15) is 4.79 Å². The number of ether oxygens (including phenoxy) is 1. The fourth-order valence-electron chi connectivity index (χ4n) is 1.80. The van der Waals surface area contributed by atoms with Crippen LogP contribution in [0.25, 0.3) is 5.53 Å². The van der Waals surface area contributed by atoms with Crippen molar-refractivity contribution >= 4 is 28.9 Å². The molecule has 0 spiro atoms. The highest BCUT2D eigenvalue weighted by Crippen LogP contribution is 2.25. The van der Waals surface area contributed by atoms with Gasteiger partial charge in [-0.1, -0.05) is 23.2 Å². The molecule has 104 valence electrons. The monoisotopic (exact) mass is 309 g/mol. The molecule has 0 aliphatic heterocycles. The quantitative estimate of drug-likeness (QED) is 0.635. The molecule has 1 aromatic rings. The predicted molar refractivity (Wildman–Crippen MR) is 80.2 cm³/mol. The molecule has 2 rings (SSSR count). The van der Waals surface area contributed by atoms with Crippen LogP contribution in [0, 0.1) is 0 Å². The first-order chi connectivity index (χ1) is 9.51. The number of benzene rings is 1. The molecule has 4 nitrogen and oxygen atoms in total. The third kappa shape index (κ3) is 3.30. The molecule has 1 aliphatic carbocycles. The van der Waals surface area contributed by atoms with Gasteiger partial charge >= 0.3 is 5.71 Å². The van der Waals surface area contributed by atoms with Gasteiger partial charge in [0.15, 0.2) is 0 Å². The van der Waals surface area contributed by atoms with Gasteiger partial charge in [-0.15, -0.1) is 0 Å². The zero-order valence-corrected chi connectivity index (χ0v) is 12.6. The Labute approximate surface area is 127 Å². The van der Waals surface area contributed by atoms with Crippen molar-refractivity contribution in [2.75, 3.05) is 14.1 Å². The van der Waals surface area contributed by atoms with Crippen LogP contribution in [-0.4, -0.2) is 35.5 Å². The van der Waals surface area contributed by atoms with E-state index in [-0.39, 0.29) is 11.8 Å². The van der Waals surface area contributed by atoms with E-state index in [1.54, 1.807) is 36.4 Å². The summed E-state index contributed by atoms with van der Waals surface area (Å²) >= 11 is 11.9. The van der Waals surface area contributed by atoms with E-state index in [0.717, 1.165) is 0 Å². The smallest absolute Gasteiger partial charge is 0.336 e. The van der Waals surface area contributed by atoms with Gasteiger partial charge in [0, 0.05) is 5.02 Å². The van der Waals surface area contributed by atoms with Crippen LogP contribution in [-0.2, 0) is 0 Å². The van der Waals surface area contributed by atoms with Crippen molar-refractivity contribution in [3.05, 3.63) is 57.8 Å². The topological polar surface area (TPSA) is 48.9 Å². The molecule has 1 aliphatic rings. The summed E-state index contributed by atoms with van der Waals surface area (Å²) in [5.41, 5.74) is 9.21. The van der Waals surface area contributed by atoms with Gasteiger partial charge in [-0.05, 0) is 44.4 Å². The van der Waals surface area contributed by atoms with Crippen LogP contribution in [0.15, 0.2) is 47.2 Å². The van der Waals surface area contributed by atoms with Gasteiger partial charge in [0.1, 0.15) is 16.5 Å². The molecule has 0 amide bonds. The largest absolute Gasteiger partial charge is 0.459 e. The maximum absolute atomic E-state index is 8.94. The fraction of sp³-hybridized carbons (Fsp3) is 0.214. The lowest BCUT2D eigenvalue weighted by atomic mass is 10.1. The fourth-order valence-corrected chi connectivity index (χ4v) is 2.14. The number of allylic oxidation sites excluding steroid dienone is 2. The lowest BCUT2D eigenvalue weighted by Crippen LogP contribution is -2.33. The maximum atomic E-state index is 8.94. The lowest BCUT2D eigenvalue weighted by Gasteiger charge is -2.25. The Kier molecular flexibility index (Phi) is 4.63. The molecule has 1 unspecified atom stereocenters. The third-order valence-corrected chi connectivity index (χ3v) is 3.40. The molecule has 0 heterocycles. The van der Waals surface area contributed by atoms with E-state index in [1.807, 2.05) is 19.0 Å². The Morgan fingerprint density at radius 1 is 1.20 bits per heavy atom. The molecule has 1 atom stereocenters. The molecule has 20 heavy (non-hydrogen) atoms. The van der Waals surface area contributed by atoms with Crippen molar-refractivity contribution in [3.63, 3.8) is 0 Å². The number of likely N-dealkylation sites (N-methyl/N-ethyl adjacent to an activating group) is 1. The SMILES string of the molecule is CN(C)C1C=C(Cl)C(=[N+]=[N-])C=C1Oc1ccc(Cl)cc1. The second-order valence-corrected chi connectivity index (χ2v) is 5.35. The predicted octanol–water partition coefficient (Wildman–Crippen LogP) is 3.34. The number of halogens is 2. The van der Waals surface area contributed by atoms with Gasteiger partial charge in [0.25, 0.3) is 0 Å². The minimum absolute atomic E-state index is 0.135. The molecule has 0 bridgehead atoms. The van der Waals surface area contributed by atoms with E-state index in [2.05, 4.69) is 4.79 Å². The molecule has 6 heteroatoms. The van der Waals surface area contributed by atoms with Gasteiger partial charge in [-0.3, -0.25) is 4.90 Å². The average Bonchev–Trinajstić information content (AvgIpc) is 2.42. The average molecular weight is 310 g/mol.